The lowest BCUT2D eigenvalue weighted by atomic mass is 10.0. The molecule has 1 aliphatic rings. The molecule has 0 aromatic rings. The first kappa shape index (κ1) is 12.5. The third-order valence-electron chi connectivity index (χ3n) is 3.44. The van der Waals surface area contributed by atoms with Crippen LogP contribution in [0, 0.1) is 0 Å². The summed E-state index contributed by atoms with van der Waals surface area (Å²) in [6.45, 7) is 1.67. The fourth-order valence-electron chi connectivity index (χ4n) is 2.20. The number of aliphatic hydroxyl groups excluding tert-OH is 1. The molecule has 2 N–H and O–H groups in total. The fraction of sp³-hybridized carbons (Fsp3) is 0.909. The number of hydrogen-bond acceptors (Lipinski definition) is 3. The van der Waals surface area contributed by atoms with Crippen molar-refractivity contribution in [2.24, 2.45) is 0 Å². The molecule has 88 valence electrons. The Hall–Kier alpha value is -0.610. The van der Waals surface area contributed by atoms with E-state index in [0.29, 0.717) is 0 Å². The molecule has 0 radical (unpaired) electrons. The van der Waals surface area contributed by atoms with E-state index >= 15 is 0 Å². The van der Waals surface area contributed by atoms with Crippen LogP contribution in [0.15, 0.2) is 0 Å². The molecular weight excluding hydrogens is 194 g/mol. The summed E-state index contributed by atoms with van der Waals surface area (Å²) in [4.78, 5) is 12.6. The van der Waals surface area contributed by atoms with Crippen LogP contribution in [0.4, 0.5) is 0 Å². The maximum atomic E-state index is 10.9. The average Bonchev–Trinajstić information content (AvgIpc) is 2.40. The van der Waals surface area contributed by atoms with Crippen molar-refractivity contribution in [2.75, 3.05) is 7.05 Å². The number of likely N-dealkylation sites (N-methyl/N-ethyl adjacent to an activating group) is 1. The Labute approximate surface area is 90.9 Å². The standard InChI is InChI=1S/C11H21NO3/c1-8(11(14)15)12(2)9-6-4-3-5-7-10(9)13/h8-10,13H,3-7H2,1-2H3,(H,14,15). The zero-order valence-corrected chi connectivity index (χ0v) is 9.52. The van der Waals surface area contributed by atoms with Gasteiger partial charge in [0.25, 0.3) is 0 Å². The van der Waals surface area contributed by atoms with Crippen molar-refractivity contribution >= 4 is 5.97 Å². The van der Waals surface area contributed by atoms with Gasteiger partial charge in [-0.3, -0.25) is 9.69 Å². The van der Waals surface area contributed by atoms with Crippen LogP contribution in [-0.2, 0) is 4.79 Å². The van der Waals surface area contributed by atoms with E-state index in [1.54, 1.807) is 18.9 Å². The summed E-state index contributed by atoms with van der Waals surface area (Å²) in [6, 6.07) is -0.527. The van der Waals surface area contributed by atoms with Crippen molar-refractivity contribution in [3.63, 3.8) is 0 Å². The van der Waals surface area contributed by atoms with Crippen LogP contribution in [0.5, 0.6) is 0 Å². The van der Waals surface area contributed by atoms with Crippen molar-refractivity contribution in [1.82, 2.24) is 4.90 Å². The zero-order valence-electron chi connectivity index (χ0n) is 9.52. The second-order valence-corrected chi connectivity index (χ2v) is 4.45. The summed E-state index contributed by atoms with van der Waals surface area (Å²) in [6.07, 6.45) is 4.59. The maximum Gasteiger partial charge on any atom is 0.320 e. The monoisotopic (exact) mass is 215 g/mol. The van der Waals surface area contributed by atoms with Gasteiger partial charge in [-0.15, -0.1) is 0 Å². The summed E-state index contributed by atoms with van der Waals surface area (Å²) in [7, 11) is 1.79. The number of carbonyl (C=O) groups is 1. The van der Waals surface area contributed by atoms with Gasteiger partial charge in [-0.2, -0.15) is 0 Å². The minimum atomic E-state index is -0.825. The van der Waals surface area contributed by atoms with Crippen LogP contribution in [-0.4, -0.2) is 46.3 Å². The minimum absolute atomic E-state index is 0.00130. The molecule has 4 heteroatoms. The minimum Gasteiger partial charge on any atom is -0.480 e. The normalized spacial score (nSPS) is 29.9. The predicted octanol–water partition coefficient (Wildman–Crippen LogP) is 1.08. The number of nitrogens with zero attached hydrogens (tertiary/aromatic N) is 1. The fourth-order valence-corrected chi connectivity index (χ4v) is 2.20. The Morgan fingerprint density at radius 2 is 1.93 bits per heavy atom. The predicted molar refractivity (Wildman–Crippen MR) is 57.7 cm³/mol. The zero-order chi connectivity index (χ0) is 11.4. The molecule has 1 aliphatic carbocycles. The van der Waals surface area contributed by atoms with Gasteiger partial charge in [0.05, 0.1) is 6.10 Å². The Morgan fingerprint density at radius 3 is 2.53 bits per heavy atom. The Bertz CT molecular complexity index is 220. The van der Waals surface area contributed by atoms with Gasteiger partial charge in [-0.05, 0) is 26.8 Å². The number of aliphatic hydroxyl groups is 1. The molecule has 15 heavy (non-hydrogen) atoms. The molecule has 0 amide bonds. The second kappa shape index (κ2) is 5.47. The molecule has 1 saturated carbocycles. The lowest BCUT2D eigenvalue weighted by Gasteiger charge is -2.33. The Morgan fingerprint density at radius 1 is 1.33 bits per heavy atom. The van der Waals surface area contributed by atoms with E-state index in [1.807, 2.05) is 0 Å². The third-order valence-corrected chi connectivity index (χ3v) is 3.44. The SMILES string of the molecule is CC(C(=O)O)N(C)C1CCCCCC1O. The molecule has 0 aromatic heterocycles. The van der Waals surface area contributed by atoms with Crippen molar-refractivity contribution in [2.45, 2.75) is 57.2 Å². The Kier molecular flexibility index (Phi) is 4.54. The maximum absolute atomic E-state index is 10.9. The van der Waals surface area contributed by atoms with Crippen LogP contribution in [0.2, 0.25) is 0 Å². The number of aliphatic carboxylic acids is 1. The molecule has 4 nitrogen and oxygen atoms in total. The summed E-state index contributed by atoms with van der Waals surface area (Å²) >= 11 is 0. The molecule has 1 fully saturated rings. The van der Waals surface area contributed by atoms with Crippen molar-refractivity contribution in [3.8, 4) is 0 Å². The van der Waals surface area contributed by atoms with E-state index in [0.717, 1.165) is 32.1 Å². The molecule has 0 aromatic carbocycles. The number of hydrogen-bond donors (Lipinski definition) is 2. The molecule has 3 atom stereocenters. The largest absolute Gasteiger partial charge is 0.480 e. The lowest BCUT2D eigenvalue weighted by molar-refractivity contribution is -0.143. The first-order valence-corrected chi connectivity index (χ1v) is 5.67. The molecule has 0 aliphatic heterocycles. The van der Waals surface area contributed by atoms with Gasteiger partial charge in [0.2, 0.25) is 0 Å². The molecular formula is C11H21NO3. The van der Waals surface area contributed by atoms with E-state index in [9.17, 15) is 9.90 Å². The van der Waals surface area contributed by atoms with E-state index in [-0.39, 0.29) is 12.1 Å². The van der Waals surface area contributed by atoms with E-state index in [4.69, 9.17) is 5.11 Å². The van der Waals surface area contributed by atoms with Crippen LogP contribution in [0.1, 0.15) is 39.0 Å². The topological polar surface area (TPSA) is 60.8 Å². The van der Waals surface area contributed by atoms with Gasteiger partial charge in [0.1, 0.15) is 6.04 Å². The second-order valence-electron chi connectivity index (χ2n) is 4.45. The van der Waals surface area contributed by atoms with Gasteiger partial charge in [-0.1, -0.05) is 19.3 Å². The molecule has 3 unspecified atom stereocenters. The number of carboxylic acid groups (broad SMARTS) is 1. The first-order chi connectivity index (χ1) is 7.04. The smallest absolute Gasteiger partial charge is 0.320 e. The first-order valence-electron chi connectivity index (χ1n) is 5.67. The van der Waals surface area contributed by atoms with Gasteiger partial charge in [0.15, 0.2) is 0 Å². The summed E-state index contributed by atoms with van der Waals surface area (Å²) in [5.74, 6) is -0.825. The summed E-state index contributed by atoms with van der Waals surface area (Å²) in [5, 5.41) is 18.8. The van der Waals surface area contributed by atoms with Crippen LogP contribution < -0.4 is 0 Å². The van der Waals surface area contributed by atoms with Crippen molar-refractivity contribution < 1.29 is 15.0 Å². The number of rotatable bonds is 3. The van der Waals surface area contributed by atoms with Crippen LogP contribution in [0.3, 0.4) is 0 Å². The quantitative estimate of drug-likeness (QED) is 0.692. The third kappa shape index (κ3) is 3.18. The van der Waals surface area contributed by atoms with E-state index in [1.165, 1.54) is 0 Å². The van der Waals surface area contributed by atoms with Gasteiger partial charge in [-0.25, -0.2) is 0 Å². The Balaban J connectivity index is 2.62. The van der Waals surface area contributed by atoms with Crippen LogP contribution >= 0.6 is 0 Å². The highest BCUT2D eigenvalue weighted by molar-refractivity contribution is 5.72. The van der Waals surface area contributed by atoms with Gasteiger partial charge in [0, 0.05) is 6.04 Å². The van der Waals surface area contributed by atoms with Gasteiger partial charge >= 0.3 is 5.97 Å². The highest BCUT2D eigenvalue weighted by atomic mass is 16.4. The van der Waals surface area contributed by atoms with Crippen molar-refractivity contribution in [3.05, 3.63) is 0 Å². The number of carboxylic acids is 1. The van der Waals surface area contributed by atoms with E-state index in [2.05, 4.69) is 0 Å². The highest BCUT2D eigenvalue weighted by Crippen LogP contribution is 2.22. The molecule has 0 bridgehead atoms. The molecule has 0 saturated heterocycles. The van der Waals surface area contributed by atoms with Crippen LogP contribution in [0.25, 0.3) is 0 Å². The lowest BCUT2D eigenvalue weighted by Crippen LogP contribution is -2.48. The molecule has 1 rings (SSSR count). The summed E-state index contributed by atoms with van der Waals surface area (Å²) in [5.41, 5.74) is 0. The highest BCUT2D eigenvalue weighted by Gasteiger charge is 2.30. The van der Waals surface area contributed by atoms with E-state index < -0.39 is 12.0 Å². The van der Waals surface area contributed by atoms with Gasteiger partial charge < -0.3 is 10.2 Å². The molecule has 0 spiro atoms. The molecule has 0 heterocycles. The van der Waals surface area contributed by atoms with Crippen molar-refractivity contribution in [1.29, 1.82) is 0 Å². The summed E-state index contributed by atoms with van der Waals surface area (Å²) < 4.78 is 0. The average molecular weight is 215 g/mol.